The molecule has 4 heteroatoms. The zero-order chi connectivity index (χ0) is 9.40. The number of imidazole rings is 1. The number of aliphatic carboxylic acids is 1. The summed E-state index contributed by atoms with van der Waals surface area (Å²) in [6.07, 6.45) is 7.12. The lowest BCUT2D eigenvalue weighted by Gasteiger charge is -1.85. The van der Waals surface area contributed by atoms with Crippen LogP contribution in [0.2, 0.25) is 0 Å². The molecule has 0 saturated carbocycles. The standard InChI is InChI=1S/C6H10N2.C2H4O2/c1-2-4-8-5-3-7-6-8;1-2(3)4/h3,5-6H,2,4H2,1H3;1H3,(H,3,4). The molecule has 0 unspecified atom stereocenters. The monoisotopic (exact) mass is 170 g/mol. The molecular formula is C8H14N2O2. The number of H-pyrrole nitrogens is 1. The van der Waals surface area contributed by atoms with Crippen LogP contribution >= 0.6 is 0 Å². The van der Waals surface area contributed by atoms with Crippen molar-refractivity contribution < 1.29 is 14.5 Å². The number of carboxylic acid groups (broad SMARTS) is 1. The lowest BCUT2D eigenvalue weighted by Crippen LogP contribution is -2.29. The minimum absolute atomic E-state index is 0.972. The second kappa shape index (κ2) is 6.39. The van der Waals surface area contributed by atoms with Crippen molar-refractivity contribution in [3.63, 3.8) is 0 Å². The molecule has 1 aromatic rings. The smallest absolute Gasteiger partial charge is 0.241 e. The summed E-state index contributed by atoms with van der Waals surface area (Å²) in [5.41, 5.74) is 0. The number of carboxylic acids is 1. The van der Waals surface area contributed by atoms with Gasteiger partial charge in [0, 0.05) is 5.97 Å². The van der Waals surface area contributed by atoms with E-state index in [0.29, 0.717) is 0 Å². The van der Waals surface area contributed by atoms with Gasteiger partial charge in [0.2, 0.25) is 6.33 Å². The van der Waals surface area contributed by atoms with E-state index in [1.165, 1.54) is 6.42 Å². The molecule has 1 aromatic heterocycles. The lowest BCUT2D eigenvalue weighted by molar-refractivity contribution is -0.695. The largest absolute Gasteiger partial charge is 0.550 e. The molecule has 0 aliphatic rings. The summed E-state index contributed by atoms with van der Waals surface area (Å²) in [5, 5.41) is 8.89. The van der Waals surface area contributed by atoms with Gasteiger partial charge in [-0.3, -0.25) is 4.98 Å². The maximum Gasteiger partial charge on any atom is 0.241 e. The number of aryl methyl sites for hydroxylation is 1. The van der Waals surface area contributed by atoms with Gasteiger partial charge < -0.3 is 9.90 Å². The Morgan fingerprint density at radius 2 is 2.25 bits per heavy atom. The molecule has 1 rings (SSSR count). The van der Waals surface area contributed by atoms with E-state index in [2.05, 4.69) is 16.5 Å². The number of rotatable bonds is 2. The Bertz CT molecular complexity index is 203. The minimum Gasteiger partial charge on any atom is -0.550 e. The maximum absolute atomic E-state index is 8.89. The fraction of sp³-hybridized carbons (Fsp3) is 0.500. The third-order valence-electron chi connectivity index (χ3n) is 1.08. The van der Waals surface area contributed by atoms with Crippen LogP contribution in [0.25, 0.3) is 0 Å². The summed E-state index contributed by atoms with van der Waals surface area (Å²) in [4.78, 5) is 11.9. The van der Waals surface area contributed by atoms with Crippen LogP contribution in [0, 0.1) is 0 Å². The van der Waals surface area contributed by atoms with Crippen molar-refractivity contribution in [2.45, 2.75) is 26.8 Å². The van der Waals surface area contributed by atoms with Gasteiger partial charge in [0.1, 0.15) is 12.4 Å². The van der Waals surface area contributed by atoms with Crippen LogP contribution in [-0.4, -0.2) is 11.0 Å². The molecule has 0 saturated heterocycles. The summed E-state index contributed by atoms with van der Waals surface area (Å²) in [7, 11) is 0. The first kappa shape index (κ1) is 10.7. The molecule has 68 valence electrons. The molecule has 1 heterocycles. The average molecular weight is 170 g/mol. The van der Waals surface area contributed by atoms with Crippen LogP contribution in [0.5, 0.6) is 0 Å². The van der Waals surface area contributed by atoms with Crippen molar-refractivity contribution in [1.29, 1.82) is 0 Å². The van der Waals surface area contributed by atoms with Crippen molar-refractivity contribution in [3.05, 3.63) is 18.7 Å². The number of carbonyl (C=O) groups excluding carboxylic acids is 1. The van der Waals surface area contributed by atoms with E-state index in [1.807, 2.05) is 18.7 Å². The number of aromatic amines is 1. The molecule has 0 fully saturated rings. The zero-order valence-corrected chi connectivity index (χ0v) is 7.41. The fourth-order valence-corrected chi connectivity index (χ4v) is 0.718. The Kier molecular flexibility index (Phi) is 5.69. The van der Waals surface area contributed by atoms with Crippen LogP contribution in [0.1, 0.15) is 20.3 Å². The predicted octanol–water partition coefficient (Wildman–Crippen LogP) is -0.532. The average Bonchev–Trinajstić information content (AvgIpc) is 2.39. The SMILES string of the molecule is CC(=O)[O-].CCC[n+]1cc[nH]c1. The Labute approximate surface area is 71.9 Å². The first-order valence-corrected chi connectivity index (χ1v) is 3.86. The molecule has 12 heavy (non-hydrogen) atoms. The predicted molar refractivity (Wildman–Crippen MR) is 42.0 cm³/mol. The van der Waals surface area contributed by atoms with E-state index < -0.39 is 5.97 Å². The highest BCUT2D eigenvalue weighted by Crippen LogP contribution is 1.74. The molecule has 0 atom stereocenters. The third-order valence-corrected chi connectivity index (χ3v) is 1.08. The van der Waals surface area contributed by atoms with Gasteiger partial charge in [0.05, 0.1) is 6.54 Å². The van der Waals surface area contributed by atoms with Gasteiger partial charge in [0.25, 0.3) is 0 Å². The second-order valence-corrected chi connectivity index (χ2v) is 2.34. The summed E-state index contributed by atoms with van der Waals surface area (Å²) in [6, 6.07) is 0. The van der Waals surface area contributed by atoms with Gasteiger partial charge in [-0.05, 0) is 13.3 Å². The summed E-state index contributed by atoms with van der Waals surface area (Å²) >= 11 is 0. The number of hydrogen-bond acceptors (Lipinski definition) is 2. The van der Waals surface area contributed by atoms with Gasteiger partial charge in [-0.1, -0.05) is 6.92 Å². The lowest BCUT2D eigenvalue weighted by atomic mass is 10.5. The van der Waals surface area contributed by atoms with E-state index in [4.69, 9.17) is 9.90 Å². The second-order valence-electron chi connectivity index (χ2n) is 2.34. The quantitative estimate of drug-likeness (QED) is 0.606. The Morgan fingerprint density at radius 3 is 2.58 bits per heavy atom. The highest BCUT2D eigenvalue weighted by molar-refractivity contribution is 5.60. The summed E-state index contributed by atoms with van der Waals surface area (Å²) < 4.78 is 2.12. The van der Waals surface area contributed by atoms with Crippen LogP contribution in [-0.2, 0) is 11.3 Å². The van der Waals surface area contributed by atoms with Gasteiger partial charge in [-0.15, -0.1) is 0 Å². The van der Waals surface area contributed by atoms with Crippen LogP contribution in [0.3, 0.4) is 0 Å². The number of aromatic nitrogens is 2. The molecule has 0 radical (unpaired) electrons. The van der Waals surface area contributed by atoms with E-state index in [-0.39, 0.29) is 0 Å². The molecule has 0 aromatic carbocycles. The van der Waals surface area contributed by atoms with Crippen molar-refractivity contribution >= 4 is 5.97 Å². The van der Waals surface area contributed by atoms with Gasteiger partial charge in [-0.2, -0.15) is 0 Å². The maximum atomic E-state index is 8.89. The van der Waals surface area contributed by atoms with Crippen molar-refractivity contribution in [2.75, 3.05) is 0 Å². The molecule has 0 bridgehead atoms. The highest BCUT2D eigenvalue weighted by atomic mass is 16.4. The molecule has 0 amide bonds. The van der Waals surface area contributed by atoms with Gasteiger partial charge >= 0.3 is 0 Å². The molecule has 0 aliphatic heterocycles. The number of hydrogen-bond donors (Lipinski definition) is 1. The van der Waals surface area contributed by atoms with E-state index >= 15 is 0 Å². The third kappa shape index (κ3) is 6.80. The first-order valence-electron chi connectivity index (χ1n) is 3.86. The highest BCUT2D eigenvalue weighted by Gasteiger charge is 1.89. The molecular weight excluding hydrogens is 156 g/mol. The molecule has 1 N–H and O–H groups in total. The van der Waals surface area contributed by atoms with Crippen molar-refractivity contribution in [2.24, 2.45) is 0 Å². The van der Waals surface area contributed by atoms with Gasteiger partial charge in [-0.25, -0.2) is 4.57 Å². The number of nitrogens with one attached hydrogen (secondary N) is 1. The first-order chi connectivity index (χ1) is 5.66. The van der Waals surface area contributed by atoms with E-state index in [9.17, 15) is 0 Å². The fourth-order valence-electron chi connectivity index (χ4n) is 0.718. The molecule has 0 spiro atoms. The number of nitrogens with zero attached hydrogens (tertiary/aromatic N) is 1. The van der Waals surface area contributed by atoms with E-state index in [0.717, 1.165) is 13.5 Å². The normalized spacial score (nSPS) is 8.50. The van der Waals surface area contributed by atoms with Crippen molar-refractivity contribution in [1.82, 2.24) is 4.98 Å². The molecule has 0 aliphatic carbocycles. The zero-order valence-electron chi connectivity index (χ0n) is 7.41. The molecule has 4 nitrogen and oxygen atoms in total. The Balaban J connectivity index is 0.000000261. The van der Waals surface area contributed by atoms with Crippen molar-refractivity contribution in [3.8, 4) is 0 Å². The Morgan fingerprint density at radius 1 is 1.67 bits per heavy atom. The van der Waals surface area contributed by atoms with E-state index in [1.54, 1.807) is 0 Å². The number of carbonyl (C=O) groups is 1. The summed E-state index contributed by atoms with van der Waals surface area (Å²) in [5.74, 6) is -1.08. The van der Waals surface area contributed by atoms with Crippen LogP contribution < -0.4 is 9.67 Å². The van der Waals surface area contributed by atoms with Gasteiger partial charge in [0.15, 0.2) is 0 Å². The minimum atomic E-state index is -1.08. The summed E-state index contributed by atoms with van der Waals surface area (Å²) in [6.45, 7) is 4.25. The topological polar surface area (TPSA) is 59.8 Å². The van der Waals surface area contributed by atoms with Crippen LogP contribution in [0.4, 0.5) is 0 Å². The van der Waals surface area contributed by atoms with Crippen LogP contribution in [0.15, 0.2) is 18.7 Å². The Hall–Kier alpha value is -1.32.